The number of halogens is 3. The highest BCUT2D eigenvalue weighted by atomic mass is 19.4. The topological polar surface area (TPSA) is 40.7 Å². The Morgan fingerprint density at radius 1 is 1.09 bits per heavy atom. The molecule has 0 unspecified atom stereocenters. The Hall–Kier alpha value is -2.50. The van der Waals surface area contributed by atoms with Crippen molar-refractivity contribution in [3.63, 3.8) is 0 Å². The lowest BCUT2D eigenvalue weighted by atomic mass is 10.1. The minimum Gasteiger partial charge on any atom is -0.352 e. The van der Waals surface area contributed by atoms with Gasteiger partial charge in [0, 0.05) is 6.54 Å². The second-order valence-corrected chi connectivity index (χ2v) is 5.15. The molecule has 0 amide bonds. The van der Waals surface area contributed by atoms with E-state index in [1.54, 1.807) is 0 Å². The summed E-state index contributed by atoms with van der Waals surface area (Å²) in [5.41, 5.74) is 3.01. The van der Waals surface area contributed by atoms with E-state index in [1.807, 2.05) is 25.1 Å². The fourth-order valence-electron chi connectivity index (χ4n) is 2.20. The average molecular weight is 305 g/mol. The summed E-state index contributed by atoms with van der Waals surface area (Å²) in [5.74, 6) is 0.598. The number of rotatable bonds is 3. The zero-order valence-corrected chi connectivity index (χ0v) is 11.8. The maximum atomic E-state index is 12.5. The Morgan fingerprint density at radius 3 is 2.50 bits per heavy atom. The molecule has 1 heterocycles. The van der Waals surface area contributed by atoms with E-state index in [4.69, 9.17) is 0 Å². The molecule has 2 aromatic carbocycles. The van der Waals surface area contributed by atoms with Crippen molar-refractivity contribution in [2.24, 2.45) is 0 Å². The first-order chi connectivity index (χ1) is 10.4. The highest BCUT2D eigenvalue weighted by Crippen LogP contribution is 2.29. The van der Waals surface area contributed by atoms with E-state index in [9.17, 15) is 13.2 Å². The summed E-state index contributed by atoms with van der Waals surface area (Å²) >= 11 is 0. The fourth-order valence-corrected chi connectivity index (χ4v) is 2.20. The fraction of sp³-hybridized carbons (Fsp3) is 0.188. The first kappa shape index (κ1) is 14.4. The maximum Gasteiger partial charge on any atom is 0.416 e. The molecule has 0 fully saturated rings. The standard InChI is InChI=1S/C16H14F3N3/c1-10-2-7-13-14(8-10)22-15(21-13)20-9-11-3-5-12(6-4-11)16(17,18)19/h2-8H,9H2,1H3,(H2,20,21,22). The minimum absolute atomic E-state index is 0.400. The Kier molecular flexibility index (Phi) is 3.52. The van der Waals surface area contributed by atoms with Crippen LogP contribution in [-0.2, 0) is 12.7 Å². The molecule has 0 saturated heterocycles. The van der Waals surface area contributed by atoms with Gasteiger partial charge in [-0.05, 0) is 42.3 Å². The molecule has 0 aliphatic rings. The lowest BCUT2D eigenvalue weighted by molar-refractivity contribution is -0.137. The van der Waals surface area contributed by atoms with Gasteiger partial charge in [0.1, 0.15) is 0 Å². The highest BCUT2D eigenvalue weighted by molar-refractivity contribution is 5.78. The molecule has 0 bridgehead atoms. The van der Waals surface area contributed by atoms with Crippen LogP contribution in [0.4, 0.5) is 19.1 Å². The molecule has 6 heteroatoms. The molecule has 3 nitrogen and oxygen atoms in total. The van der Waals surface area contributed by atoms with E-state index in [1.165, 1.54) is 12.1 Å². The van der Waals surface area contributed by atoms with Gasteiger partial charge in [0.05, 0.1) is 16.6 Å². The van der Waals surface area contributed by atoms with Crippen molar-refractivity contribution in [1.82, 2.24) is 9.97 Å². The van der Waals surface area contributed by atoms with E-state index in [2.05, 4.69) is 15.3 Å². The van der Waals surface area contributed by atoms with Gasteiger partial charge >= 0.3 is 6.18 Å². The second kappa shape index (κ2) is 5.36. The molecule has 0 aliphatic heterocycles. The number of aryl methyl sites for hydroxylation is 1. The first-order valence-corrected chi connectivity index (χ1v) is 6.78. The predicted octanol–water partition coefficient (Wildman–Crippen LogP) is 4.50. The Balaban J connectivity index is 1.71. The molecular weight excluding hydrogens is 291 g/mol. The molecule has 1 aromatic heterocycles. The molecule has 0 radical (unpaired) electrons. The third kappa shape index (κ3) is 3.05. The summed E-state index contributed by atoms with van der Waals surface area (Å²) in [6.07, 6.45) is -4.30. The number of hydrogen-bond donors (Lipinski definition) is 2. The van der Waals surface area contributed by atoms with Crippen LogP contribution in [0, 0.1) is 6.92 Å². The van der Waals surface area contributed by atoms with Crippen LogP contribution in [0.3, 0.4) is 0 Å². The van der Waals surface area contributed by atoms with Gasteiger partial charge in [-0.15, -0.1) is 0 Å². The first-order valence-electron chi connectivity index (χ1n) is 6.78. The van der Waals surface area contributed by atoms with Crippen molar-refractivity contribution < 1.29 is 13.2 Å². The summed E-state index contributed by atoms with van der Waals surface area (Å²) in [6, 6.07) is 11.0. The lowest BCUT2D eigenvalue weighted by Gasteiger charge is -2.08. The van der Waals surface area contributed by atoms with Crippen LogP contribution in [0.2, 0.25) is 0 Å². The Morgan fingerprint density at radius 2 is 1.82 bits per heavy atom. The molecule has 0 atom stereocenters. The normalized spacial score (nSPS) is 11.8. The van der Waals surface area contributed by atoms with E-state index >= 15 is 0 Å². The third-order valence-corrected chi connectivity index (χ3v) is 3.38. The summed E-state index contributed by atoms with van der Waals surface area (Å²) in [5, 5.41) is 3.08. The Labute approximate surface area is 125 Å². The Bertz CT molecular complexity index is 788. The van der Waals surface area contributed by atoms with Crippen LogP contribution in [0.1, 0.15) is 16.7 Å². The van der Waals surface area contributed by atoms with Crippen LogP contribution < -0.4 is 5.32 Å². The largest absolute Gasteiger partial charge is 0.416 e. The molecule has 3 rings (SSSR count). The van der Waals surface area contributed by atoms with E-state index in [0.29, 0.717) is 12.5 Å². The van der Waals surface area contributed by atoms with Crippen molar-refractivity contribution in [3.05, 3.63) is 59.2 Å². The summed E-state index contributed by atoms with van der Waals surface area (Å²) in [4.78, 5) is 7.52. The number of aromatic amines is 1. The quantitative estimate of drug-likeness (QED) is 0.748. The zero-order valence-electron chi connectivity index (χ0n) is 11.8. The predicted molar refractivity (Wildman–Crippen MR) is 79.6 cm³/mol. The van der Waals surface area contributed by atoms with Crippen molar-refractivity contribution in [1.29, 1.82) is 0 Å². The van der Waals surface area contributed by atoms with Crippen molar-refractivity contribution in [3.8, 4) is 0 Å². The molecule has 3 aromatic rings. The van der Waals surface area contributed by atoms with Gasteiger partial charge in [0.25, 0.3) is 0 Å². The van der Waals surface area contributed by atoms with Crippen LogP contribution >= 0.6 is 0 Å². The SMILES string of the molecule is Cc1ccc2nc(NCc3ccc(C(F)(F)F)cc3)[nH]c2c1. The number of alkyl halides is 3. The number of hydrogen-bond acceptors (Lipinski definition) is 2. The molecule has 2 N–H and O–H groups in total. The number of imidazole rings is 1. The van der Waals surface area contributed by atoms with Gasteiger partial charge < -0.3 is 10.3 Å². The van der Waals surface area contributed by atoms with Crippen molar-refractivity contribution in [2.75, 3.05) is 5.32 Å². The molecule has 0 spiro atoms. The van der Waals surface area contributed by atoms with Gasteiger partial charge in [-0.3, -0.25) is 0 Å². The van der Waals surface area contributed by atoms with Crippen LogP contribution in [-0.4, -0.2) is 9.97 Å². The van der Waals surface area contributed by atoms with Gasteiger partial charge in [-0.1, -0.05) is 18.2 Å². The smallest absolute Gasteiger partial charge is 0.352 e. The van der Waals surface area contributed by atoms with Crippen molar-refractivity contribution in [2.45, 2.75) is 19.6 Å². The highest BCUT2D eigenvalue weighted by Gasteiger charge is 2.29. The van der Waals surface area contributed by atoms with Gasteiger partial charge in [0.15, 0.2) is 0 Å². The number of nitrogens with one attached hydrogen (secondary N) is 2. The maximum absolute atomic E-state index is 12.5. The molecular formula is C16H14F3N3. The number of H-pyrrole nitrogens is 1. The second-order valence-electron chi connectivity index (χ2n) is 5.15. The number of anilines is 1. The molecule has 0 aliphatic carbocycles. The van der Waals surface area contributed by atoms with E-state index in [-0.39, 0.29) is 0 Å². The van der Waals surface area contributed by atoms with Crippen LogP contribution in [0.15, 0.2) is 42.5 Å². The van der Waals surface area contributed by atoms with Crippen molar-refractivity contribution >= 4 is 17.0 Å². The number of fused-ring (bicyclic) bond motifs is 1. The lowest BCUT2D eigenvalue weighted by Crippen LogP contribution is -2.06. The van der Waals surface area contributed by atoms with Gasteiger partial charge in [-0.2, -0.15) is 13.2 Å². The van der Waals surface area contributed by atoms with Gasteiger partial charge in [0.2, 0.25) is 5.95 Å². The van der Waals surface area contributed by atoms with Gasteiger partial charge in [-0.25, -0.2) is 4.98 Å². The average Bonchev–Trinajstić information content (AvgIpc) is 2.86. The van der Waals surface area contributed by atoms with Crippen LogP contribution in [0.25, 0.3) is 11.0 Å². The monoisotopic (exact) mass is 305 g/mol. The van der Waals surface area contributed by atoms with E-state index in [0.717, 1.165) is 34.3 Å². The minimum atomic E-state index is -4.30. The number of nitrogens with zero attached hydrogens (tertiary/aromatic N) is 1. The van der Waals surface area contributed by atoms with E-state index < -0.39 is 11.7 Å². The molecule has 22 heavy (non-hydrogen) atoms. The summed E-state index contributed by atoms with van der Waals surface area (Å²) in [7, 11) is 0. The zero-order chi connectivity index (χ0) is 15.7. The third-order valence-electron chi connectivity index (χ3n) is 3.38. The summed E-state index contributed by atoms with van der Waals surface area (Å²) < 4.78 is 37.5. The summed E-state index contributed by atoms with van der Waals surface area (Å²) in [6.45, 7) is 2.40. The molecule has 114 valence electrons. The number of aromatic nitrogens is 2. The number of benzene rings is 2. The molecule has 0 saturated carbocycles. The van der Waals surface area contributed by atoms with Crippen LogP contribution in [0.5, 0.6) is 0 Å².